The molecule has 2 aromatic carbocycles. The number of nitrogens with one attached hydrogen (secondary N) is 2. The molecule has 0 saturated heterocycles. The topological polar surface area (TPSA) is 110 Å². The molecule has 2 amide bonds. The van der Waals surface area contributed by atoms with Gasteiger partial charge in [0.25, 0.3) is 0 Å². The fourth-order valence-corrected chi connectivity index (χ4v) is 2.57. The zero-order valence-corrected chi connectivity index (χ0v) is 17.9. The quantitative estimate of drug-likeness (QED) is 0.540. The van der Waals surface area contributed by atoms with E-state index < -0.39 is 6.09 Å². The Morgan fingerprint density at radius 3 is 2.48 bits per heavy atom. The number of hydrogen-bond acceptors (Lipinski definition) is 6. The standard InChI is InChI=1S/C23H27N3O5/c1-16(2)15-31-23(28)26-19-7-4-6-18(13-19)25-22(27)8-5-11-30-20-10-9-17(14-24)12-21(20)29-3/h4,6-7,9-10,12-13,16H,5,8,11,15H2,1-3H3,(H,25,27)(H,26,28). The van der Waals surface area contributed by atoms with Crippen LogP contribution in [0.3, 0.4) is 0 Å². The third-order valence-corrected chi connectivity index (χ3v) is 4.04. The number of nitrogens with zero attached hydrogens (tertiary/aromatic N) is 1. The molecule has 2 N–H and O–H groups in total. The van der Waals surface area contributed by atoms with Gasteiger partial charge in [-0.3, -0.25) is 10.1 Å². The Balaban J connectivity index is 1.78. The number of anilines is 2. The third-order valence-electron chi connectivity index (χ3n) is 4.04. The molecule has 0 bridgehead atoms. The summed E-state index contributed by atoms with van der Waals surface area (Å²) in [5.41, 5.74) is 1.58. The largest absolute Gasteiger partial charge is 0.493 e. The zero-order chi connectivity index (χ0) is 22.6. The second-order valence-corrected chi connectivity index (χ2v) is 7.18. The van der Waals surface area contributed by atoms with Gasteiger partial charge in [0, 0.05) is 23.9 Å². The monoisotopic (exact) mass is 425 g/mol. The van der Waals surface area contributed by atoms with Gasteiger partial charge in [-0.2, -0.15) is 5.26 Å². The first-order valence-corrected chi connectivity index (χ1v) is 9.96. The molecule has 8 heteroatoms. The van der Waals surface area contributed by atoms with E-state index in [0.29, 0.717) is 48.1 Å². The highest BCUT2D eigenvalue weighted by Gasteiger charge is 2.09. The normalized spacial score (nSPS) is 10.2. The van der Waals surface area contributed by atoms with Gasteiger partial charge in [-0.25, -0.2) is 4.79 Å². The van der Waals surface area contributed by atoms with Crippen molar-refractivity contribution in [2.75, 3.05) is 31.0 Å². The maximum Gasteiger partial charge on any atom is 0.411 e. The van der Waals surface area contributed by atoms with Crippen LogP contribution in [-0.2, 0) is 9.53 Å². The van der Waals surface area contributed by atoms with Crippen LogP contribution in [-0.4, -0.2) is 32.3 Å². The van der Waals surface area contributed by atoms with Crippen molar-refractivity contribution in [3.05, 3.63) is 48.0 Å². The van der Waals surface area contributed by atoms with E-state index in [1.54, 1.807) is 42.5 Å². The van der Waals surface area contributed by atoms with Gasteiger partial charge >= 0.3 is 6.09 Å². The van der Waals surface area contributed by atoms with Crippen LogP contribution in [0.5, 0.6) is 11.5 Å². The van der Waals surface area contributed by atoms with E-state index in [2.05, 4.69) is 10.6 Å². The molecule has 2 rings (SSSR count). The summed E-state index contributed by atoms with van der Waals surface area (Å²) in [6.07, 6.45) is 0.216. The second kappa shape index (κ2) is 12.1. The lowest BCUT2D eigenvalue weighted by Crippen LogP contribution is -2.17. The van der Waals surface area contributed by atoms with E-state index in [9.17, 15) is 9.59 Å². The Bertz CT molecular complexity index is 937. The van der Waals surface area contributed by atoms with Gasteiger partial charge < -0.3 is 19.5 Å². The Hall–Kier alpha value is -3.73. The summed E-state index contributed by atoms with van der Waals surface area (Å²) in [6.45, 7) is 4.56. The van der Waals surface area contributed by atoms with Gasteiger partial charge in [-0.1, -0.05) is 19.9 Å². The molecule has 164 valence electrons. The number of rotatable bonds is 10. The molecule has 8 nitrogen and oxygen atoms in total. The van der Waals surface area contributed by atoms with E-state index in [0.717, 1.165) is 0 Å². The fourth-order valence-electron chi connectivity index (χ4n) is 2.57. The maximum absolute atomic E-state index is 12.2. The summed E-state index contributed by atoms with van der Waals surface area (Å²) >= 11 is 0. The predicted molar refractivity (Wildman–Crippen MR) is 117 cm³/mol. The highest BCUT2D eigenvalue weighted by molar-refractivity contribution is 5.92. The van der Waals surface area contributed by atoms with Crippen LogP contribution >= 0.6 is 0 Å². The highest BCUT2D eigenvalue weighted by atomic mass is 16.5. The Morgan fingerprint density at radius 1 is 1.06 bits per heavy atom. The van der Waals surface area contributed by atoms with E-state index in [1.165, 1.54) is 7.11 Å². The van der Waals surface area contributed by atoms with Gasteiger partial charge in [-0.15, -0.1) is 0 Å². The Labute approximate surface area is 182 Å². The molecular formula is C23H27N3O5. The lowest BCUT2D eigenvalue weighted by molar-refractivity contribution is -0.116. The first-order valence-electron chi connectivity index (χ1n) is 9.96. The number of benzene rings is 2. The number of carbonyl (C=O) groups excluding carboxylic acids is 2. The number of methoxy groups -OCH3 is 1. The SMILES string of the molecule is COc1cc(C#N)ccc1OCCCC(=O)Nc1cccc(NC(=O)OCC(C)C)c1. The van der Waals surface area contributed by atoms with Gasteiger partial charge in [0.15, 0.2) is 11.5 Å². The summed E-state index contributed by atoms with van der Waals surface area (Å²) in [6, 6.07) is 13.8. The molecule has 0 atom stereocenters. The summed E-state index contributed by atoms with van der Waals surface area (Å²) < 4.78 is 16.0. The van der Waals surface area contributed by atoms with Gasteiger partial charge in [0.1, 0.15) is 0 Å². The molecule has 0 aliphatic heterocycles. The molecule has 0 aliphatic carbocycles. The van der Waals surface area contributed by atoms with Crippen molar-refractivity contribution in [1.82, 2.24) is 0 Å². The molecule has 0 aromatic heterocycles. The van der Waals surface area contributed by atoms with Crippen molar-refractivity contribution in [3.63, 3.8) is 0 Å². The van der Waals surface area contributed by atoms with Crippen LogP contribution in [0.2, 0.25) is 0 Å². The smallest absolute Gasteiger partial charge is 0.411 e. The predicted octanol–water partition coefficient (Wildman–Crippen LogP) is 4.57. The molecule has 0 aliphatic rings. The van der Waals surface area contributed by atoms with Gasteiger partial charge in [0.2, 0.25) is 5.91 Å². The fraction of sp³-hybridized carbons (Fsp3) is 0.348. The van der Waals surface area contributed by atoms with Crippen molar-refractivity contribution in [2.24, 2.45) is 5.92 Å². The molecule has 0 saturated carbocycles. The molecule has 0 unspecified atom stereocenters. The lowest BCUT2D eigenvalue weighted by atomic mass is 10.2. The molecule has 0 heterocycles. The number of hydrogen-bond donors (Lipinski definition) is 2. The molecule has 0 fully saturated rings. The van der Waals surface area contributed by atoms with Crippen molar-refractivity contribution < 1.29 is 23.8 Å². The molecule has 0 radical (unpaired) electrons. The van der Waals surface area contributed by atoms with E-state index in [1.807, 2.05) is 19.9 Å². The minimum Gasteiger partial charge on any atom is -0.493 e. The minimum absolute atomic E-state index is 0.171. The van der Waals surface area contributed by atoms with Gasteiger partial charge in [0.05, 0.1) is 32.0 Å². The Kier molecular flexibility index (Phi) is 9.17. The van der Waals surface area contributed by atoms with Crippen LogP contribution in [0.1, 0.15) is 32.3 Å². The van der Waals surface area contributed by atoms with Crippen LogP contribution in [0, 0.1) is 17.2 Å². The minimum atomic E-state index is -0.535. The van der Waals surface area contributed by atoms with Crippen LogP contribution in [0.4, 0.5) is 16.2 Å². The van der Waals surface area contributed by atoms with Gasteiger partial charge in [-0.05, 0) is 42.7 Å². The van der Waals surface area contributed by atoms with Crippen molar-refractivity contribution in [1.29, 1.82) is 5.26 Å². The lowest BCUT2D eigenvalue weighted by Gasteiger charge is -2.11. The van der Waals surface area contributed by atoms with Crippen molar-refractivity contribution in [3.8, 4) is 17.6 Å². The van der Waals surface area contributed by atoms with E-state index in [4.69, 9.17) is 19.5 Å². The second-order valence-electron chi connectivity index (χ2n) is 7.18. The average molecular weight is 425 g/mol. The third kappa shape index (κ3) is 8.26. The summed E-state index contributed by atoms with van der Waals surface area (Å²) in [7, 11) is 1.50. The van der Waals surface area contributed by atoms with E-state index >= 15 is 0 Å². The van der Waals surface area contributed by atoms with E-state index in [-0.39, 0.29) is 18.2 Å². The number of nitriles is 1. The summed E-state index contributed by atoms with van der Waals surface area (Å²) in [4.78, 5) is 24.0. The first-order chi connectivity index (χ1) is 14.9. The summed E-state index contributed by atoms with van der Waals surface area (Å²) in [5.74, 6) is 1.07. The average Bonchev–Trinajstić information content (AvgIpc) is 2.75. The number of carbonyl (C=O) groups is 2. The number of amides is 2. The van der Waals surface area contributed by atoms with Crippen LogP contribution in [0.25, 0.3) is 0 Å². The first kappa shape index (κ1) is 23.5. The molecule has 2 aromatic rings. The van der Waals surface area contributed by atoms with Crippen LogP contribution < -0.4 is 20.1 Å². The Morgan fingerprint density at radius 2 is 1.81 bits per heavy atom. The highest BCUT2D eigenvalue weighted by Crippen LogP contribution is 2.28. The van der Waals surface area contributed by atoms with Crippen molar-refractivity contribution in [2.45, 2.75) is 26.7 Å². The summed E-state index contributed by atoms with van der Waals surface area (Å²) in [5, 5.41) is 14.4. The zero-order valence-electron chi connectivity index (χ0n) is 17.9. The molecular weight excluding hydrogens is 398 g/mol. The molecule has 0 spiro atoms. The number of ether oxygens (including phenoxy) is 3. The van der Waals surface area contributed by atoms with Crippen LogP contribution in [0.15, 0.2) is 42.5 Å². The molecule has 31 heavy (non-hydrogen) atoms. The van der Waals surface area contributed by atoms with Crippen molar-refractivity contribution >= 4 is 23.4 Å². The maximum atomic E-state index is 12.2.